The van der Waals surface area contributed by atoms with Crippen LogP contribution in [0, 0.1) is 5.92 Å². The van der Waals surface area contributed by atoms with E-state index < -0.39 is 41.3 Å². The number of allylic oxidation sites excluding steroid dienone is 1. The molecule has 0 saturated carbocycles. The molecule has 1 amide bonds. The van der Waals surface area contributed by atoms with Crippen molar-refractivity contribution in [2.75, 3.05) is 0 Å². The number of carbonyl (C=O) groups is 1. The molecule has 18 heavy (non-hydrogen) atoms. The fourth-order valence-electron chi connectivity index (χ4n) is 1.51. The Morgan fingerprint density at radius 1 is 1.11 bits per heavy atom. The van der Waals surface area contributed by atoms with Gasteiger partial charge < -0.3 is 0 Å². The van der Waals surface area contributed by atoms with Crippen LogP contribution in [0.25, 0.3) is 0 Å². The molecule has 1 N–H and O–H groups in total. The third-order valence-corrected chi connectivity index (χ3v) is 2.26. The van der Waals surface area contributed by atoms with Crippen molar-refractivity contribution in [2.45, 2.75) is 12.4 Å². The number of hydrazone groups is 1. The molecule has 98 valence electrons. The number of hydrogen-bond acceptors (Lipinski definition) is 3. The average Bonchev–Trinajstić information content (AvgIpc) is 2.56. The Hall–Kier alpha value is -1.87. The Balaban J connectivity index is 2.54. The molecule has 0 unspecified atom stereocenters. The Labute approximate surface area is 95.1 Å². The SMILES string of the molecule is O=C1NN=C2N=C(C(F)(F)F)C=C(C(F)(F)F)[C@@H]12. The van der Waals surface area contributed by atoms with Crippen molar-refractivity contribution in [3.63, 3.8) is 0 Å². The third kappa shape index (κ3) is 1.97. The second-order valence-electron chi connectivity index (χ2n) is 3.47. The van der Waals surface area contributed by atoms with Gasteiger partial charge >= 0.3 is 12.4 Å². The van der Waals surface area contributed by atoms with Crippen LogP contribution in [0.1, 0.15) is 0 Å². The number of amides is 1. The van der Waals surface area contributed by atoms with Crippen LogP contribution in [0.3, 0.4) is 0 Å². The maximum absolute atomic E-state index is 12.6. The van der Waals surface area contributed by atoms with Crippen LogP contribution < -0.4 is 5.43 Å². The molecule has 0 aliphatic carbocycles. The van der Waals surface area contributed by atoms with Crippen LogP contribution in [0.2, 0.25) is 0 Å². The third-order valence-electron chi connectivity index (χ3n) is 2.26. The predicted octanol–water partition coefficient (Wildman–Crippen LogP) is 1.55. The van der Waals surface area contributed by atoms with Gasteiger partial charge in [0.05, 0.1) is 5.57 Å². The zero-order valence-corrected chi connectivity index (χ0v) is 8.23. The van der Waals surface area contributed by atoms with Crippen molar-refractivity contribution in [2.24, 2.45) is 16.0 Å². The van der Waals surface area contributed by atoms with Gasteiger partial charge in [0.2, 0.25) is 0 Å². The number of nitrogens with zero attached hydrogens (tertiary/aromatic N) is 2. The number of fused-ring (bicyclic) bond motifs is 1. The minimum atomic E-state index is -5.07. The molecule has 0 aromatic rings. The van der Waals surface area contributed by atoms with E-state index in [1.807, 2.05) is 0 Å². The number of alkyl halides is 6. The lowest BCUT2D eigenvalue weighted by molar-refractivity contribution is -0.126. The van der Waals surface area contributed by atoms with Crippen LogP contribution in [-0.2, 0) is 4.79 Å². The van der Waals surface area contributed by atoms with Gasteiger partial charge in [0.15, 0.2) is 5.84 Å². The Morgan fingerprint density at radius 2 is 1.72 bits per heavy atom. The van der Waals surface area contributed by atoms with Gasteiger partial charge in [-0.2, -0.15) is 31.4 Å². The quantitative estimate of drug-likeness (QED) is 0.668. The highest BCUT2D eigenvalue weighted by atomic mass is 19.4. The largest absolute Gasteiger partial charge is 0.433 e. The van der Waals surface area contributed by atoms with E-state index in [1.165, 1.54) is 0 Å². The van der Waals surface area contributed by atoms with Gasteiger partial charge in [-0.15, -0.1) is 0 Å². The summed E-state index contributed by atoms with van der Waals surface area (Å²) in [6.45, 7) is 0. The Morgan fingerprint density at radius 3 is 2.22 bits per heavy atom. The number of rotatable bonds is 0. The number of carbonyl (C=O) groups excluding carboxylic acids is 1. The summed E-state index contributed by atoms with van der Waals surface area (Å²) in [4.78, 5) is 14.0. The van der Waals surface area contributed by atoms with Crippen LogP contribution in [-0.4, -0.2) is 29.8 Å². The number of nitrogens with one attached hydrogen (secondary N) is 1. The van der Waals surface area contributed by atoms with E-state index in [1.54, 1.807) is 5.43 Å². The highest BCUT2D eigenvalue weighted by Crippen LogP contribution is 2.38. The number of halogens is 6. The minimum absolute atomic E-state index is 0.172. The fraction of sp³-hybridized carbons (Fsp3) is 0.375. The van der Waals surface area contributed by atoms with E-state index in [4.69, 9.17) is 0 Å². The first-order valence-electron chi connectivity index (χ1n) is 4.43. The van der Waals surface area contributed by atoms with E-state index >= 15 is 0 Å². The molecule has 4 nitrogen and oxygen atoms in total. The molecule has 0 radical (unpaired) electrons. The molecule has 0 saturated heterocycles. The lowest BCUT2D eigenvalue weighted by Crippen LogP contribution is -2.37. The van der Waals surface area contributed by atoms with Crippen molar-refractivity contribution in [1.29, 1.82) is 0 Å². The molecule has 2 heterocycles. The van der Waals surface area contributed by atoms with Gasteiger partial charge in [-0.25, -0.2) is 10.4 Å². The van der Waals surface area contributed by atoms with Crippen LogP contribution >= 0.6 is 0 Å². The number of aliphatic imine (C=N–C) groups is 1. The van der Waals surface area contributed by atoms with Crippen LogP contribution in [0.5, 0.6) is 0 Å². The van der Waals surface area contributed by atoms with Gasteiger partial charge in [0.1, 0.15) is 11.6 Å². The van der Waals surface area contributed by atoms with Crippen LogP contribution in [0.4, 0.5) is 26.3 Å². The molecular formula is C8H3F6N3O. The average molecular weight is 271 g/mol. The predicted molar refractivity (Wildman–Crippen MR) is 46.7 cm³/mol. The first kappa shape index (κ1) is 12.6. The highest BCUT2D eigenvalue weighted by Gasteiger charge is 2.51. The van der Waals surface area contributed by atoms with Crippen molar-refractivity contribution in [3.8, 4) is 0 Å². The van der Waals surface area contributed by atoms with E-state index in [-0.39, 0.29) is 6.08 Å². The first-order chi connectivity index (χ1) is 8.10. The second kappa shape index (κ2) is 3.56. The Bertz CT molecular complexity index is 498. The molecule has 2 aliphatic rings. The van der Waals surface area contributed by atoms with Gasteiger partial charge in [-0.1, -0.05) is 0 Å². The molecule has 0 fully saturated rings. The lowest BCUT2D eigenvalue weighted by atomic mass is 9.93. The summed E-state index contributed by atoms with van der Waals surface area (Å²) in [5, 5.41) is 3.06. The molecule has 2 aliphatic heterocycles. The normalized spacial score (nSPS) is 24.0. The summed E-state index contributed by atoms with van der Waals surface area (Å²) in [5.74, 6) is -3.92. The molecule has 2 rings (SSSR count). The standard InChI is InChI=1S/C8H3F6N3O/c9-7(10,11)2-1-3(8(12,13)14)15-5-4(2)6(18)17-16-5/h1,4H,(H,17,18)/t4-/m1/s1. The van der Waals surface area contributed by atoms with Gasteiger partial charge in [0, 0.05) is 0 Å². The smallest absolute Gasteiger partial charge is 0.272 e. The lowest BCUT2D eigenvalue weighted by Gasteiger charge is -2.21. The summed E-state index contributed by atoms with van der Waals surface area (Å²) in [7, 11) is 0. The zero-order chi connectivity index (χ0) is 13.7. The molecule has 1 atom stereocenters. The van der Waals surface area contributed by atoms with E-state index in [9.17, 15) is 31.1 Å². The molecule has 10 heteroatoms. The van der Waals surface area contributed by atoms with Crippen LogP contribution in [0.15, 0.2) is 21.7 Å². The molecule has 0 aromatic carbocycles. The highest BCUT2D eigenvalue weighted by molar-refractivity contribution is 6.19. The summed E-state index contributed by atoms with van der Waals surface area (Å²) < 4.78 is 74.8. The maximum Gasteiger partial charge on any atom is 0.433 e. The number of hydrogen-bond donors (Lipinski definition) is 1. The van der Waals surface area contributed by atoms with E-state index in [0.29, 0.717) is 0 Å². The first-order valence-corrected chi connectivity index (χ1v) is 4.43. The second-order valence-corrected chi connectivity index (χ2v) is 3.47. The van der Waals surface area contributed by atoms with Gasteiger partial charge in [-0.05, 0) is 6.08 Å². The summed E-state index contributed by atoms with van der Waals surface area (Å²) in [6, 6.07) is 0. The van der Waals surface area contributed by atoms with Crippen molar-refractivity contribution in [1.82, 2.24) is 5.43 Å². The summed E-state index contributed by atoms with van der Waals surface area (Å²) >= 11 is 0. The van der Waals surface area contributed by atoms with Crippen molar-refractivity contribution in [3.05, 3.63) is 11.6 Å². The Kier molecular flexibility index (Phi) is 2.49. The van der Waals surface area contributed by atoms with E-state index in [2.05, 4.69) is 10.1 Å². The monoisotopic (exact) mass is 271 g/mol. The topological polar surface area (TPSA) is 53.8 Å². The molecule has 0 bridgehead atoms. The summed E-state index contributed by atoms with van der Waals surface area (Å²) in [6.07, 6.45) is -10.3. The fourth-order valence-corrected chi connectivity index (χ4v) is 1.51. The maximum atomic E-state index is 12.6. The molecular weight excluding hydrogens is 268 g/mol. The van der Waals surface area contributed by atoms with E-state index in [0.717, 1.165) is 0 Å². The molecule has 0 aromatic heterocycles. The molecule has 0 spiro atoms. The summed E-state index contributed by atoms with van der Waals surface area (Å²) in [5.41, 5.74) is -1.69. The van der Waals surface area contributed by atoms with Crippen molar-refractivity contribution >= 4 is 17.5 Å². The van der Waals surface area contributed by atoms with Crippen molar-refractivity contribution < 1.29 is 31.1 Å². The zero-order valence-electron chi connectivity index (χ0n) is 8.23. The number of dihydropyridines is 1. The minimum Gasteiger partial charge on any atom is -0.272 e. The van der Waals surface area contributed by atoms with Gasteiger partial charge in [0.25, 0.3) is 5.91 Å². The van der Waals surface area contributed by atoms with Gasteiger partial charge in [-0.3, -0.25) is 4.79 Å². The number of amidine groups is 1.